The monoisotopic (exact) mass is 566 g/mol. The number of hydrazine groups is 1. The standard InChI is InChI=1S/C30H42N6O5/c1-4-10-35(11-5-2)25-9-8-21-12-20(6-7-22(21)14-25)13-23(16-31)30(39)34-17-24(32)18-36(33)19-27-29(38)26(37)15-28(40-3)41-27/h6-9,12-14,18,26-29,37-38H,4-5,10-11,15,17,19,32-33H2,1-3H3,(H,34,39)/b23-13+,24-18-/t26-,27-,28+,29+/m1/s1. The number of amides is 1. The van der Waals surface area contributed by atoms with E-state index < -0.39 is 30.5 Å². The van der Waals surface area contributed by atoms with Gasteiger partial charge in [-0.1, -0.05) is 32.0 Å². The molecule has 1 amide bonds. The van der Waals surface area contributed by atoms with Gasteiger partial charge in [-0.2, -0.15) is 5.26 Å². The number of aliphatic hydroxyl groups is 2. The Bertz CT molecular complexity index is 1270. The van der Waals surface area contributed by atoms with Gasteiger partial charge in [0.2, 0.25) is 0 Å². The van der Waals surface area contributed by atoms with Crippen LogP contribution in [0.1, 0.15) is 38.7 Å². The van der Waals surface area contributed by atoms with Crippen LogP contribution in [0.15, 0.2) is 53.9 Å². The Morgan fingerprint density at radius 1 is 1.20 bits per heavy atom. The third-order valence-electron chi connectivity index (χ3n) is 6.85. The van der Waals surface area contributed by atoms with Crippen molar-refractivity contribution in [1.82, 2.24) is 10.3 Å². The predicted octanol–water partition coefficient (Wildman–Crippen LogP) is 1.95. The Balaban J connectivity index is 1.62. The number of nitrogens with two attached hydrogens (primary N) is 2. The topological polar surface area (TPSA) is 170 Å². The minimum absolute atomic E-state index is 0.0226. The number of fused-ring (bicyclic) bond motifs is 1. The average molecular weight is 567 g/mol. The minimum Gasteiger partial charge on any atom is -0.399 e. The van der Waals surface area contributed by atoms with Gasteiger partial charge < -0.3 is 40.6 Å². The molecule has 3 rings (SSSR count). The Labute approximate surface area is 241 Å². The molecule has 11 heteroatoms. The van der Waals surface area contributed by atoms with Crippen molar-refractivity contribution in [2.45, 2.75) is 57.7 Å². The summed E-state index contributed by atoms with van der Waals surface area (Å²) in [6.45, 7) is 6.31. The van der Waals surface area contributed by atoms with E-state index in [0.29, 0.717) is 0 Å². The van der Waals surface area contributed by atoms with Crippen molar-refractivity contribution in [3.63, 3.8) is 0 Å². The first kappa shape index (κ1) is 31.9. The van der Waals surface area contributed by atoms with Crippen LogP contribution in [0.3, 0.4) is 0 Å². The van der Waals surface area contributed by atoms with Crippen LogP contribution >= 0.6 is 0 Å². The van der Waals surface area contributed by atoms with E-state index in [0.717, 1.165) is 42.3 Å². The molecule has 0 unspecified atom stereocenters. The Hall–Kier alpha value is -3.66. The van der Waals surface area contributed by atoms with Gasteiger partial charge in [-0.3, -0.25) is 4.79 Å². The lowest BCUT2D eigenvalue weighted by Gasteiger charge is -2.37. The first-order valence-electron chi connectivity index (χ1n) is 13.9. The van der Waals surface area contributed by atoms with Gasteiger partial charge in [0.15, 0.2) is 6.29 Å². The molecule has 0 bridgehead atoms. The fourth-order valence-corrected chi connectivity index (χ4v) is 4.78. The van der Waals surface area contributed by atoms with Crippen molar-refractivity contribution < 1.29 is 24.5 Å². The van der Waals surface area contributed by atoms with Crippen LogP contribution in [0.5, 0.6) is 0 Å². The highest BCUT2D eigenvalue weighted by Crippen LogP contribution is 2.25. The fraction of sp³-hybridized carbons (Fsp3) is 0.467. The summed E-state index contributed by atoms with van der Waals surface area (Å²) in [4.78, 5) is 15.1. The van der Waals surface area contributed by atoms with E-state index in [-0.39, 0.29) is 30.8 Å². The Morgan fingerprint density at radius 2 is 1.88 bits per heavy atom. The number of hydrogen-bond donors (Lipinski definition) is 5. The summed E-state index contributed by atoms with van der Waals surface area (Å²) in [5.41, 5.74) is 8.08. The van der Waals surface area contributed by atoms with E-state index in [9.17, 15) is 20.3 Å². The maximum Gasteiger partial charge on any atom is 0.262 e. The number of anilines is 1. The first-order valence-corrected chi connectivity index (χ1v) is 13.9. The average Bonchev–Trinajstić information content (AvgIpc) is 2.96. The molecule has 0 aliphatic carbocycles. The molecule has 222 valence electrons. The lowest BCUT2D eigenvalue weighted by atomic mass is 10.0. The molecule has 1 saturated heterocycles. The van der Waals surface area contributed by atoms with Crippen LogP contribution < -0.4 is 21.8 Å². The molecule has 1 aliphatic heterocycles. The number of nitrogens with one attached hydrogen (secondary N) is 1. The van der Waals surface area contributed by atoms with Crippen LogP contribution in [0.25, 0.3) is 16.8 Å². The molecule has 2 aromatic rings. The molecule has 0 saturated carbocycles. The van der Waals surface area contributed by atoms with E-state index in [1.54, 1.807) is 0 Å². The van der Waals surface area contributed by atoms with E-state index in [2.05, 4.69) is 42.3 Å². The minimum atomic E-state index is -1.14. The third kappa shape index (κ3) is 8.91. The molecule has 2 aromatic carbocycles. The summed E-state index contributed by atoms with van der Waals surface area (Å²) >= 11 is 0. The van der Waals surface area contributed by atoms with E-state index in [1.165, 1.54) is 30.1 Å². The van der Waals surface area contributed by atoms with Gasteiger partial charge in [-0.25, -0.2) is 5.84 Å². The summed E-state index contributed by atoms with van der Waals surface area (Å²) in [5.74, 6) is 5.41. The van der Waals surface area contributed by atoms with Gasteiger partial charge in [0.1, 0.15) is 23.9 Å². The fourth-order valence-electron chi connectivity index (χ4n) is 4.78. The molecule has 0 radical (unpaired) electrons. The van der Waals surface area contributed by atoms with Gasteiger partial charge in [0.25, 0.3) is 5.91 Å². The largest absolute Gasteiger partial charge is 0.399 e. The molecule has 0 spiro atoms. The molecule has 7 N–H and O–H groups in total. The summed E-state index contributed by atoms with van der Waals surface area (Å²) in [5, 5.41) is 35.7. The summed E-state index contributed by atoms with van der Waals surface area (Å²) in [7, 11) is 1.45. The number of benzene rings is 2. The summed E-state index contributed by atoms with van der Waals surface area (Å²) in [6.07, 6.45) is 1.61. The highest BCUT2D eigenvalue weighted by molar-refractivity contribution is 6.02. The van der Waals surface area contributed by atoms with Crippen molar-refractivity contribution in [3.8, 4) is 6.07 Å². The van der Waals surface area contributed by atoms with Gasteiger partial charge >= 0.3 is 0 Å². The van der Waals surface area contributed by atoms with Gasteiger partial charge in [0.05, 0.1) is 19.2 Å². The maximum atomic E-state index is 12.7. The molecule has 0 aromatic heterocycles. The summed E-state index contributed by atoms with van der Waals surface area (Å²) in [6, 6.07) is 14.1. The molecular weight excluding hydrogens is 524 g/mol. The maximum absolute atomic E-state index is 12.7. The van der Waals surface area contributed by atoms with Gasteiger partial charge in [-0.05, 0) is 53.5 Å². The second-order valence-electron chi connectivity index (χ2n) is 10.2. The number of carbonyl (C=O) groups excluding carboxylic acids is 1. The first-order chi connectivity index (χ1) is 19.7. The predicted molar refractivity (Wildman–Crippen MR) is 159 cm³/mol. The molecule has 1 fully saturated rings. The van der Waals surface area contributed by atoms with Crippen molar-refractivity contribution in [2.75, 3.05) is 38.2 Å². The van der Waals surface area contributed by atoms with Gasteiger partial charge in [-0.15, -0.1) is 0 Å². The molecule has 1 heterocycles. The SMILES string of the molecule is CCCN(CCC)c1ccc2cc(/C=C(\C#N)C(=O)NC/C(N)=C/N(N)C[C@H]3O[C@H](OC)C[C@@H](O)[C@@H]3O)ccc2c1. The molecule has 11 nitrogen and oxygen atoms in total. The number of hydrogen-bond acceptors (Lipinski definition) is 10. The zero-order valence-electron chi connectivity index (χ0n) is 24.0. The smallest absolute Gasteiger partial charge is 0.262 e. The highest BCUT2D eigenvalue weighted by atomic mass is 16.7. The molecular formula is C30H42N6O5. The number of ether oxygens (including phenoxy) is 2. The van der Waals surface area contributed by atoms with Gasteiger partial charge in [0, 0.05) is 44.2 Å². The zero-order chi connectivity index (χ0) is 29.9. The van der Waals surface area contributed by atoms with E-state index >= 15 is 0 Å². The van der Waals surface area contributed by atoms with E-state index in [4.69, 9.17) is 21.1 Å². The lowest BCUT2D eigenvalue weighted by molar-refractivity contribution is -0.244. The van der Waals surface area contributed by atoms with Crippen molar-refractivity contribution in [1.29, 1.82) is 5.26 Å². The molecule has 4 atom stereocenters. The normalized spacial score (nSPS) is 21.4. The number of methoxy groups -OCH3 is 1. The van der Waals surface area contributed by atoms with Crippen LogP contribution in [-0.4, -0.2) is 79.0 Å². The van der Waals surface area contributed by atoms with Crippen molar-refractivity contribution in [3.05, 3.63) is 59.4 Å². The Morgan fingerprint density at radius 3 is 2.54 bits per heavy atom. The molecule has 41 heavy (non-hydrogen) atoms. The van der Waals surface area contributed by atoms with Crippen molar-refractivity contribution in [2.24, 2.45) is 11.6 Å². The van der Waals surface area contributed by atoms with Crippen LogP contribution in [0.4, 0.5) is 5.69 Å². The summed E-state index contributed by atoms with van der Waals surface area (Å²) < 4.78 is 10.7. The number of rotatable bonds is 13. The second-order valence-corrected chi connectivity index (χ2v) is 10.2. The number of nitrogens with zero attached hydrogens (tertiary/aromatic N) is 3. The number of carbonyl (C=O) groups is 1. The van der Waals surface area contributed by atoms with Crippen LogP contribution in [-0.2, 0) is 14.3 Å². The van der Waals surface area contributed by atoms with Crippen LogP contribution in [0.2, 0.25) is 0 Å². The quantitative estimate of drug-likeness (QED) is 0.104. The number of nitriles is 1. The lowest BCUT2D eigenvalue weighted by Crippen LogP contribution is -2.53. The van der Waals surface area contributed by atoms with E-state index in [1.807, 2.05) is 24.3 Å². The van der Waals surface area contributed by atoms with Crippen molar-refractivity contribution >= 4 is 28.4 Å². The molecule has 1 aliphatic rings. The Kier molecular flexibility index (Phi) is 11.9. The third-order valence-corrected chi connectivity index (χ3v) is 6.85. The second kappa shape index (κ2) is 15.4. The number of aliphatic hydroxyl groups excluding tert-OH is 2. The van der Waals surface area contributed by atoms with Crippen LogP contribution in [0, 0.1) is 11.3 Å². The highest BCUT2D eigenvalue weighted by Gasteiger charge is 2.37. The zero-order valence-corrected chi connectivity index (χ0v) is 24.0.